The highest BCUT2D eigenvalue weighted by molar-refractivity contribution is 7.80. The van der Waals surface area contributed by atoms with Crippen LogP contribution in [-0.4, -0.2) is 44.0 Å². The second-order valence-corrected chi connectivity index (χ2v) is 10.8. The van der Waals surface area contributed by atoms with Crippen LogP contribution >= 0.6 is 47.0 Å². The Labute approximate surface area is 233 Å². The van der Waals surface area contributed by atoms with Gasteiger partial charge in [0.25, 0.3) is 0 Å². The molecule has 1 aliphatic heterocycles. The second-order valence-electron chi connectivity index (χ2n) is 8.10. The molecule has 0 bridgehead atoms. The summed E-state index contributed by atoms with van der Waals surface area (Å²) in [5.74, 6) is -11.9. The number of pyridine rings is 1. The molecule has 200 valence electrons. The number of carbonyl (C=O) groups excluding carboxylic acids is 1. The number of aromatic nitrogens is 1. The largest absolute Gasteiger partial charge is 0.328 e. The van der Waals surface area contributed by atoms with Crippen molar-refractivity contribution in [3.8, 4) is 0 Å². The molecule has 14 heteroatoms. The molecule has 1 saturated heterocycles. The molecular weight excluding hydrogens is 594 g/mol. The third-order valence-electron chi connectivity index (χ3n) is 5.71. The molecular formula is C24H16Cl3F5N4OS. The summed E-state index contributed by atoms with van der Waals surface area (Å²) in [6.45, 7) is 0.777. The monoisotopic (exact) mass is 608 g/mol. The zero-order chi connectivity index (χ0) is 27.8. The number of nitrogens with zero attached hydrogens (tertiary/aromatic N) is 3. The van der Waals surface area contributed by atoms with Crippen LogP contribution in [0.2, 0.25) is 0 Å². The molecule has 1 aliphatic rings. The van der Waals surface area contributed by atoms with E-state index in [1.165, 1.54) is 4.90 Å². The number of carbonyl (C=O) groups is 1. The molecule has 1 unspecified atom stereocenters. The van der Waals surface area contributed by atoms with Crippen LogP contribution in [0.25, 0.3) is 17.0 Å². The molecule has 0 aliphatic carbocycles. The Kier molecular flexibility index (Phi) is 8.32. The smallest absolute Gasteiger partial charge is 0.245 e. The molecule has 1 fully saturated rings. The van der Waals surface area contributed by atoms with E-state index in [0.717, 1.165) is 5.39 Å². The van der Waals surface area contributed by atoms with Gasteiger partial charge in [0.1, 0.15) is 0 Å². The van der Waals surface area contributed by atoms with Crippen LogP contribution in [0.4, 0.5) is 27.6 Å². The van der Waals surface area contributed by atoms with E-state index < -0.39 is 50.5 Å². The fourth-order valence-corrected chi connectivity index (χ4v) is 4.86. The summed E-state index contributed by atoms with van der Waals surface area (Å²) in [6, 6.07) is 9.22. The highest BCUT2D eigenvalue weighted by Crippen LogP contribution is 2.35. The molecule has 1 atom stereocenters. The Morgan fingerprint density at radius 2 is 1.63 bits per heavy atom. The number of amides is 1. The van der Waals surface area contributed by atoms with E-state index >= 15 is 0 Å². The minimum atomic E-state index is -2.32. The molecule has 38 heavy (non-hydrogen) atoms. The first kappa shape index (κ1) is 28.3. The number of fused-ring (bicyclic) bond motifs is 1. The lowest BCUT2D eigenvalue weighted by molar-refractivity contribution is -0.117. The van der Waals surface area contributed by atoms with Gasteiger partial charge in [-0.05, 0) is 36.8 Å². The molecule has 2 heterocycles. The quantitative estimate of drug-likeness (QED) is 0.0926. The molecule has 1 N–H and O–H groups in total. The van der Waals surface area contributed by atoms with Gasteiger partial charge in [-0.1, -0.05) is 53.0 Å². The summed E-state index contributed by atoms with van der Waals surface area (Å²) in [7, 11) is 0. The first-order valence-corrected chi connectivity index (χ1v) is 12.4. The van der Waals surface area contributed by atoms with Gasteiger partial charge < -0.3 is 15.1 Å². The van der Waals surface area contributed by atoms with E-state index in [4.69, 9.17) is 47.0 Å². The Hall–Kier alpha value is -2.73. The minimum Gasteiger partial charge on any atom is -0.328 e. The summed E-state index contributed by atoms with van der Waals surface area (Å²) in [4.78, 5) is 20.3. The van der Waals surface area contributed by atoms with Crippen molar-refractivity contribution < 1.29 is 26.7 Å². The number of alkyl halides is 3. The first-order chi connectivity index (χ1) is 17.9. The number of nitrogens with one attached hydrogen (secondary N) is 1. The maximum atomic E-state index is 14.0. The van der Waals surface area contributed by atoms with Crippen molar-refractivity contribution in [3.05, 3.63) is 77.3 Å². The lowest BCUT2D eigenvalue weighted by atomic mass is 10.1. The van der Waals surface area contributed by atoms with E-state index in [-0.39, 0.29) is 11.7 Å². The highest BCUT2D eigenvalue weighted by atomic mass is 35.6. The predicted molar refractivity (Wildman–Crippen MR) is 140 cm³/mol. The van der Waals surface area contributed by atoms with Crippen molar-refractivity contribution in [2.24, 2.45) is 0 Å². The van der Waals surface area contributed by atoms with Gasteiger partial charge in [-0.2, -0.15) is 0 Å². The van der Waals surface area contributed by atoms with Crippen LogP contribution in [0.5, 0.6) is 0 Å². The SMILES string of the molecule is O=C(/C=C/c1c(F)c(F)c(F)c(F)c1F)NC(N1CCCN(c2cccc3cccnc23)C1=S)C(Cl)(Cl)Cl. The number of para-hydroxylation sites is 1. The van der Waals surface area contributed by atoms with Crippen molar-refractivity contribution >= 4 is 80.7 Å². The van der Waals surface area contributed by atoms with Gasteiger partial charge in [0, 0.05) is 30.7 Å². The van der Waals surface area contributed by atoms with E-state index in [2.05, 4.69) is 10.3 Å². The third-order valence-corrected chi connectivity index (χ3v) is 6.78. The number of rotatable bonds is 5. The topological polar surface area (TPSA) is 48.5 Å². The molecule has 0 saturated carbocycles. The lowest BCUT2D eigenvalue weighted by Crippen LogP contribution is -2.62. The highest BCUT2D eigenvalue weighted by Gasteiger charge is 2.42. The molecule has 2 aromatic carbocycles. The van der Waals surface area contributed by atoms with Gasteiger partial charge in [0.15, 0.2) is 34.5 Å². The number of thiocarbonyl (C=S) groups is 1. The zero-order valence-corrected chi connectivity index (χ0v) is 22.1. The Balaban J connectivity index is 1.60. The van der Waals surface area contributed by atoms with Gasteiger partial charge in [0.05, 0.1) is 16.8 Å². The Morgan fingerprint density at radius 3 is 2.29 bits per heavy atom. The average Bonchev–Trinajstić information content (AvgIpc) is 2.89. The fourth-order valence-electron chi connectivity index (χ4n) is 3.96. The predicted octanol–water partition coefficient (Wildman–Crippen LogP) is 6.25. The summed E-state index contributed by atoms with van der Waals surface area (Å²) in [5.41, 5.74) is 0.0722. The van der Waals surface area contributed by atoms with Crippen LogP contribution in [0.15, 0.2) is 42.6 Å². The molecule has 3 aromatic rings. The van der Waals surface area contributed by atoms with E-state index in [9.17, 15) is 26.7 Å². The van der Waals surface area contributed by atoms with Gasteiger partial charge in [0.2, 0.25) is 15.5 Å². The van der Waals surface area contributed by atoms with Gasteiger partial charge in [-0.15, -0.1) is 0 Å². The zero-order valence-electron chi connectivity index (χ0n) is 19.0. The first-order valence-electron chi connectivity index (χ1n) is 10.9. The van der Waals surface area contributed by atoms with Gasteiger partial charge >= 0.3 is 0 Å². The van der Waals surface area contributed by atoms with Crippen molar-refractivity contribution in [3.63, 3.8) is 0 Å². The van der Waals surface area contributed by atoms with Gasteiger partial charge in [-0.25, -0.2) is 22.0 Å². The average molecular weight is 610 g/mol. The lowest BCUT2D eigenvalue weighted by Gasteiger charge is -2.44. The third kappa shape index (κ3) is 5.51. The minimum absolute atomic E-state index is 0.203. The van der Waals surface area contributed by atoms with Crippen molar-refractivity contribution in [2.75, 3.05) is 18.0 Å². The van der Waals surface area contributed by atoms with E-state index in [1.807, 2.05) is 24.3 Å². The standard InChI is InChI=1S/C24H16Cl3F5N4OS/c25-24(26,27)22(34-15(37)8-7-13-16(28)18(30)20(32)19(31)17(13)29)36-11-3-10-35(23(36)38)14-6-1-4-12-5-2-9-33-21(12)14/h1-2,4-9,22H,3,10-11H2,(H,34,37)/b8-7+. The number of hydrogen-bond donors (Lipinski definition) is 1. The maximum absolute atomic E-state index is 14.0. The van der Waals surface area contributed by atoms with Gasteiger partial charge in [-0.3, -0.25) is 9.78 Å². The summed E-state index contributed by atoms with van der Waals surface area (Å²) < 4.78 is 66.0. The van der Waals surface area contributed by atoms with Crippen molar-refractivity contribution in [2.45, 2.75) is 16.4 Å². The fraction of sp³-hybridized carbons (Fsp3) is 0.208. The number of hydrogen-bond acceptors (Lipinski definition) is 3. The number of anilines is 1. The normalized spacial score (nSPS) is 15.4. The molecule has 4 rings (SSSR count). The van der Waals surface area contributed by atoms with E-state index in [0.29, 0.717) is 36.3 Å². The second kappa shape index (κ2) is 11.2. The molecule has 1 aromatic heterocycles. The van der Waals surface area contributed by atoms with Crippen LogP contribution < -0.4 is 10.2 Å². The number of halogens is 8. The summed E-state index contributed by atoms with van der Waals surface area (Å²) >= 11 is 24.1. The summed E-state index contributed by atoms with van der Waals surface area (Å²) in [6.07, 6.45) is 1.80. The van der Waals surface area contributed by atoms with E-state index in [1.54, 1.807) is 17.2 Å². The van der Waals surface area contributed by atoms with Crippen LogP contribution in [-0.2, 0) is 4.79 Å². The van der Waals surface area contributed by atoms with Crippen LogP contribution in [0.3, 0.4) is 0 Å². The molecule has 1 amide bonds. The van der Waals surface area contributed by atoms with Crippen molar-refractivity contribution in [1.82, 2.24) is 15.2 Å². The Morgan fingerprint density at radius 1 is 1.00 bits per heavy atom. The maximum Gasteiger partial charge on any atom is 0.245 e. The Bertz CT molecular complexity index is 1420. The molecule has 0 radical (unpaired) electrons. The summed E-state index contributed by atoms with van der Waals surface area (Å²) in [5, 5.41) is 3.46. The van der Waals surface area contributed by atoms with Crippen LogP contribution in [0.1, 0.15) is 12.0 Å². The van der Waals surface area contributed by atoms with Crippen molar-refractivity contribution in [1.29, 1.82) is 0 Å². The molecule has 0 spiro atoms. The van der Waals surface area contributed by atoms with Crippen LogP contribution in [0, 0.1) is 29.1 Å². The molecule has 5 nitrogen and oxygen atoms in total. The number of benzene rings is 2.